The fourth-order valence-electron chi connectivity index (χ4n) is 2.17. The third-order valence-electron chi connectivity index (χ3n) is 3.28. The molecule has 0 saturated heterocycles. The molecule has 2 amide bonds. The number of allylic oxidation sites excluding steroid dienone is 1. The summed E-state index contributed by atoms with van der Waals surface area (Å²) < 4.78 is 5.66. The van der Waals surface area contributed by atoms with Crippen molar-refractivity contribution in [2.24, 2.45) is 0 Å². The van der Waals surface area contributed by atoms with Gasteiger partial charge in [-0.2, -0.15) is 0 Å². The van der Waals surface area contributed by atoms with Crippen LogP contribution in [0.5, 0.6) is 5.75 Å². The molecule has 8 heteroatoms. The van der Waals surface area contributed by atoms with E-state index in [4.69, 9.17) is 19.7 Å². The average molecular weight is 373 g/mol. The molecule has 8 nitrogen and oxygen atoms in total. The second-order valence-corrected chi connectivity index (χ2v) is 5.08. The topological polar surface area (TPSA) is 121 Å². The number of hydrogen-bond donors (Lipinski definition) is 2. The molecule has 0 unspecified atom stereocenters. The molecule has 0 fully saturated rings. The fourth-order valence-corrected chi connectivity index (χ4v) is 2.17. The van der Waals surface area contributed by atoms with Gasteiger partial charge in [-0.25, -0.2) is 4.79 Å². The van der Waals surface area contributed by atoms with Gasteiger partial charge >= 0.3 is 5.97 Å². The minimum absolute atomic E-state index is 0.117. The van der Waals surface area contributed by atoms with E-state index in [0.29, 0.717) is 11.3 Å². The summed E-state index contributed by atoms with van der Waals surface area (Å²) in [4.78, 5) is 43.1. The van der Waals surface area contributed by atoms with Crippen molar-refractivity contribution in [3.05, 3.63) is 53.6 Å². The molecular weight excluding hydrogens is 354 g/mol. The van der Waals surface area contributed by atoms with Crippen LogP contribution >= 0.6 is 0 Å². The van der Waals surface area contributed by atoms with Crippen LogP contribution in [0.2, 0.25) is 0 Å². The van der Waals surface area contributed by atoms with Crippen LogP contribution in [0.4, 0.5) is 0 Å². The first-order valence-corrected chi connectivity index (χ1v) is 7.84. The third-order valence-corrected chi connectivity index (χ3v) is 3.28. The van der Waals surface area contributed by atoms with Gasteiger partial charge in [-0.3, -0.25) is 19.3 Å². The zero-order valence-corrected chi connectivity index (χ0v) is 14.6. The lowest BCUT2D eigenvalue weighted by Crippen LogP contribution is -2.33. The number of benzene rings is 1. The molecular formula is C19H19NO7. The first-order valence-electron chi connectivity index (χ1n) is 7.84. The Morgan fingerprint density at radius 2 is 1.81 bits per heavy atom. The van der Waals surface area contributed by atoms with Crippen molar-refractivity contribution in [2.75, 3.05) is 13.2 Å². The monoisotopic (exact) mass is 373 g/mol. The highest BCUT2D eigenvalue weighted by Gasteiger charge is 2.22. The lowest BCUT2D eigenvalue weighted by molar-refractivity contribution is -0.137. The van der Waals surface area contributed by atoms with Crippen LogP contribution in [0.15, 0.2) is 42.5 Å². The zero-order chi connectivity index (χ0) is 20.2. The predicted octanol–water partition coefficient (Wildman–Crippen LogP) is 1.82. The smallest absolute Gasteiger partial charge is 0.328 e. The van der Waals surface area contributed by atoms with E-state index in [1.165, 1.54) is 18.2 Å². The van der Waals surface area contributed by atoms with Crippen molar-refractivity contribution >= 4 is 36.4 Å². The summed E-state index contributed by atoms with van der Waals surface area (Å²) in [6.07, 6.45) is 8.65. The van der Waals surface area contributed by atoms with Crippen LogP contribution < -0.4 is 4.74 Å². The van der Waals surface area contributed by atoms with Crippen molar-refractivity contribution in [1.82, 2.24) is 4.90 Å². The summed E-state index contributed by atoms with van der Waals surface area (Å²) in [5.41, 5.74) is 1.50. The Balaban J connectivity index is 0.00000114. The van der Waals surface area contributed by atoms with Crippen LogP contribution in [-0.2, 0) is 19.2 Å². The number of carbonyl (C=O) groups is 4. The van der Waals surface area contributed by atoms with Gasteiger partial charge in [-0.05, 0) is 24.6 Å². The molecule has 1 aromatic carbocycles. The van der Waals surface area contributed by atoms with Crippen molar-refractivity contribution in [1.29, 1.82) is 0 Å². The van der Waals surface area contributed by atoms with E-state index in [1.807, 2.05) is 25.1 Å². The van der Waals surface area contributed by atoms with Crippen molar-refractivity contribution in [3.63, 3.8) is 0 Å². The molecule has 0 spiro atoms. The molecule has 0 atom stereocenters. The van der Waals surface area contributed by atoms with E-state index in [0.717, 1.165) is 16.5 Å². The van der Waals surface area contributed by atoms with E-state index < -0.39 is 5.97 Å². The first-order chi connectivity index (χ1) is 12.9. The second-order valence-electron chi connectivity index (χ2n) is 5.08. The fraction of sp³-hybridized carbons (Fsp3) is 0.158. The molecule has 0 bridgehead atoms. The molecule has 0 radical (unpaired) electrons. The van der Waals surface area contributed by atoms with E-state index in [2.05, 4.69) is 0 Å². The van der Waals surface area contributed by atoms with Crippen LogP contribution in [0.1, 0.15) is 18.1 Å². The minimum Gasteiger partial charge on any atom is -0.491 e. The van der Waals surface area contributed by atoms with Crippen LogP contribution in [-0.4, -0.2) is 52.5 Å². The molecule has 2 N–H and O–H groups in total. The van der Waals surface area contributed by atoms with E-state index >= 15 is 0 Å². The number of amides is 2. The molecule has 1 aliphatic rings. The van der Waals surface area contributed by atoms with Gasteiger partial charge in [0, 0.05) is 23.8 Å². The summed E-state index contributed by atoms with van der Waals surface area (Å²) in [5, 5.41) is 15.6. The summed E-state index contributed by atoms with van der Waals surface area (Å²) in [7, 11) is 0. The van der Waals surface area contributed by atoms with Crippen LogP contribution in [0.3, 0.4) is 0 Å². The van der Waals surface area contributed by atoms with Gasteiger partial charge in [-0.15, -0.1) is 0 Å². The highest BCUT2D eigenvalue weighted by molar-refractivity contribution is 6.12. The average Bonchev–Trinajstić information content (AvgIpc) is 2.94. The number of ether oxygens (including phenoxy) is 1. The summed E-state index contributed by atoms with van der Waals surface area (Å²) in [6, 6.07) is 5.36. The normalized spacial score (nSPS) is 13.1. The molecule has 27 heavy (non-hydrogen) atoms. The maximum Gasteiger partial charge on any atom is 0.328 e. The number of carboxylic acid groups (broad SMARTS) is 2. The maximum absolute atomic E-state index is 11.5. The predicted molar refractivity (Wildman–Crippen MR) is 97.9 cm³/mol. The van der Waals surface area contributed by atoms with E-state index in [1.54, 1.807) is 12.1 Å². The zero-order valence-electron chi connectivity index (χ0n) is 14.6. The molecule has 0 saturated carbocycles. The van der Waals surface area contributed by atoms with Crippen molar-refractivity contribution in [3.8, 4) is 5.75 Å². The first kappa shape index (κ1) is 21.4. The summed E-state index contributed by atoms with van der Waals surface area (Å²) >= 11 is 0. The highest BCUT2D eigenvalue weighted by Crippen LogP contribution is 2.23. The Morgan fingerprint density at radius 3 is 2.37 bits per heavy atom. The molecule has 2 rings (SSSR count). The van der Waals surface area contributed by atoms with Crippen molar-refractivity contribution < 1.29 is 34.1 Å². The molecule has 0 aliphatic carbocycles. The number of carbonyl (C=O) groups excluding carboxylic acids is 2. The lowest BCUT2D eigenvalue weighted by Gasteiger charge is -2.15. The van der Waals surface area contributed by atoms with Gasteiger partial charge in [-0.1, -0.05) is 24.3 Å². The molecule has 1 aromatic rings. The number of aliphatic carboxylic acids is 1. The van der Waals surface area contributed by atoms with Gasteiger partial charge in [0.15, 0.2) is 0 Å². The van der Waals surface area contributed by atoms with Gasteiger partial charge < -0.3 is 14.9 Å². The lowest BCUT2D eigenvalue weighted by atomic mass is 10.1. The molecule has 142 valence electrons. The number of nitrogens with zero attached hydrogens (tertiary/aromatic N) is 1. The van der Waals surface area contributed by atoms with Crippen molar-refractivity contribution in [2.45, 2.75) is 6.92 Å². The number of carboxylic acids is 1. The maximum atomic E-state index is 11.5. The number of rotatable bonds is 7. The Kier molecular flexibility index (Phi) is 8.73. The quantitative estimate of drug-likeness (QED) is 0.425. The van der Waals surface area contributed by atoms with E-state index in [9.17, 15) is 14.4 Å². The van der Waals surface area contributed by atoms with E-state index in [-0.39, 0.29) is 31.4 Å². The van der Waals surface area contributed by atoms with Crippen LogP contribution in [0.25, 0.3) is 12.2 Å². The number of hydrogen-bond acceptors (Lipinski definition) is 5. The highest BCUT2D eigenvalue weighted by atomic mass is 16.5. The third kappa shape index (κ3) is 6.99. The Bertz CT molecular complexity index is 775. The van der Waals surface area contributed by atoms with Gasteiger partial charge in [0.25, 0.3) is 18.3 Å². The summed E-state index contributed by atoms with van der Waals surface area (Å²) in [6.45, 7) is 1.88. The summed E-state index contributed by atoms with van der Waals surface area (Å²) in [5.74, 6) is -1.30. The second kappa shape index (κ2) is 11.0. The minimum atomic E-state index is -1.06. The Hall–Kier alpha value is -3.68. The molecule has 0 aromatic heterocycles. The van der Waals surface area contributed by atoms with Gasteiger partial charge in [0.05, 0.1) is 6.54 Å². The molecule has 1 aliphatic heterocycles. The van der Waals surface area contributed by atoms with Gasteiger partial charge in [0.1, 0.15) is 12.4 Å². The largest absolute Gasteiger partial charge is 0.491 e. The van der Waals surface area contributed by atoms with Gasteiger partial charge in [0.2, 0.25) is 0 Å². The Labute approximate surface area is 155 Å². The van der Waals surface area contributed by atoms with Crippen LogP contribution in [0, 0.1) is 0 Å². The standard InChI is InChI=1S/C18H17NO5.CH2O2/c1-2-3-13-4-5-14(6-9-18(22)23)15(12-13)24-11-10-19-16(20)7-8-17(19)21;2-1-3/h2-9,12H,10-11H2,1H3,(H,22,23);1H,(H,2,3)/b3-2+,9-6+;. The number of imide groups is 1. The molecule has 1 heterocycles. The Morgan fingerprint density at radius 1 is 1.19 bits per heavy atom. The SMILES string of the molecule is C/C=C/c1ccc(/C=C/C(=O)O)c(OCCN2C(=O)C=CC2=O)c1.O=CO.